The van der Waals surface area contributed by atoms with Crippen LogP contribution < -0.4 is 4.74 Å². The van der Waals surface area contributed by atoms with Gasteiger partial charge in [0, 0.05) is 11.1 Å². The lowest BCUT2D eigenvalue weighted by molar-refractivity contribution is 0.412. The molecule has 0 aliphatic carbocycles. The largest absolute Gasteiger partial charge is 0.495 e. The molecule has 0 amide bonds. The van der Waals surface area contributed by atoms with E-state index in [1.165, 1.54) is 0 Å². The molecule has 0 unspecified atom stereocenters. The van der Waals surface area contributed by atoms with Crippen LogP contribution in [0.2, 0.25) is 0 Å². The number of ether oxygens (including phenoxy) is 1. The quantitative estimate of drug-likeness (QED) is 0.741. The number of aromatic nitrogens is 1. The number of hydrogen-bond acceptors (Lipinski definition) is 3. The van der Waals surface area contributed by atoms with Gasteiger partial charge >= 0.3 is 0 Å². The minimum atomic E-state index is 0.843. The van der Waals surface area contributed by atoms with Gasteiger partial charge in [-0.15, -0.1) is 11.3 Å². The predicted molar refractivity (Wildman–Crippen MR) is 65.8 cm³/mol. The molecule has 4 heteroatoms. The molecule has 0 atom stereocenters. The van der Waals surface area contributed by atoms with E-state index < -0.39 is 0 Å². The van der Waals surface area contributed by atoms with Crippen LogP contribution in [0.3, 0.4) is 0 Å². The summed E-state index contributed by atoms with van der Waals surface area (Å²) in [6, 6.07) is 7.88. The van der Waals surface area contributed by atoms with Gasteiger partial charge in [0.05, 0.1) is 12.8 Å². The van der Waals surface area contributed by atoms with E-state index in [0.29, 0.717) is 0 Å². The second-order valence-corrected chi connectivity index (χ2v) is 4.65. The first-order valence-corrected chi connectivity index (χ1v) is 5.83. The van der Waals surface area contributed by atoms with Gasteiger partial charge in [-0.25, -0.2) is 0 Å². The highest BCUT2D eigenvalue weighted by Gasteiger charge is 2.07. The molecule has 0 radical (unpaired) electrons. The van der Waals surface area contributed by atoms with Crippen molar-refractivity contribution in [3.05, 3.63) is 39.3 Å². The minimum absolute atomic E-state index is 0.843. The predicted octanol–water partition coefficient (Wildman–Crippen LogP) is 3.59. The molecule has 1 heterocycles. The van der Waals surface area contributed by atoms with Gasteiger partial charge in [0.15, 0.2) is 3.95 Å². The maximum Gasteiger partial charge on any atom is 0.165 e. The number of methoxy groups -OCH3 is 1. The van der Waals surface area contributed by atoms with Gasteiger partial charge in [-0.2, -0.15) is 0 Å². The van der Waals surface area contributed by atoms with E-state index in [9.17, 15) is 0 Å². The second-order valence-electron chi connectivity index (χ2n) is 3.15. The molecule has 2 nitrogen and oxygen atoms in total. The van der Waals surface area contributed by atoms with Crippen molar-refractivity contribution in [2.75, 3.05) is 7.11 Å². The van der Waals surface area contributed by atoms with Crippen LogP contribution in [0.1, 0.15) is 5.69 Å². The summed E-state index contributed by atoms with van der Waals surface area (Å²) < 4.78 is 8.19. The molecule has 2 aromatic rings. The number of rotatable bonds is 2. The van der Waals surface area contributed by atoms with E-state index in [1.807, 2.05) is 35.8 Å². The zero-order chi connectivity index (χ0) is 10.8. The lowest BCUT2D eigenvalue weighted by Gasteiger charge is -2.10. The molecule has 0 saturated heterocycles. The summed E-state index contributed by atoms with van der Waals surface area (Å²) in [7, 11) is 1.67. The first-order valence-electron chi connectivity index (χ1n) is 4.54. The number of nitrogens with zero attached hydrogens (tertiary/aromatic N) is 1. The highest BCUT2D eigenvalue weighted by molar-refractivity contribution is 7.73. The fraction of sp³-hybridized carbons (Fsp3) is 0.182. The third-order valence-corrected chi connectivity index (χ3v) is 3.51. The van der Waals surface area contributed by atoms with Crippen molar-refractivity contribution in [3.63, 3.8) is 0 Å². The normalized spacial score (nSPS) is 10.3. The van der Waals surface area contributed by atoms with Crippen LogP contribution in [0.5, 0.6) is 5.75 Å². The molecule has 15 heavy (non-hydrogen) atoms. The molecule has 78 valence electrons. The number of benzene rings is 1. The summed E-state index contributed by atoms with van der Waals surface area (Å²) in [4.78, 5) is 0. The standard InChI is InChI=1S/C11H11NOS2/c1-8-7-15-11(14)12(8)9-5-3-4-6-10(9)13-2/h3-7H,1-2H3. The zero-order valence-corrected chi connectivity index (χ0v) is 10.2. The maximum absolute atomic E-state index is 5.32. The van der Waals surface area contributed by atoms with E-state index >= 15 is 0 Å². The monoisotopic (exact) mass is 237 g/mol. The lowest BCUT2D eigenvalue weighted by atomic mass is 10.3. The molecular formula is C11H11NOS2. The number of hydrogen-bond donors (Lipinski definition) is 0. The third kappa shape index (κ3) is 1.82. The summed E-state index contributed by atoms with van der Waals surface area (Å²) in [5.74, 6) is 0.843. The van der Waals surface area contributed by atoms with Crippen LogP contribution in [-0.2, 0) is 0 Å². The Labute approximate surface area is 97.8 Å². The van der Waals surface area contributed by atoms with Crippen molar-refractivity contribution >= 4 is 23.6 Å². The van der Waals surface area contributed by atoms with Crippen molar-refractivity contribution in [1.82, 2.24) is 4.57 Å². The molecular weight excluding hydrogens is 226 g/mol. The Morgan fingerprint density at radius 2 is 2.07 bits per heavy atom. The Kier molecular flexibility index (Phi) is 2.88. The van der Waals surface area contributed by atoms with Crippen molar-refractivity contribution in [2.24, 2.45) is 0 Å². The van der Waals surface area contributed by atoms with Crippen LogP contribution in [0.25, 0.3) is 5.69 Å². The molecule has 2 rings (SSSR count). The SMILES string of the molecule is COc1ccccc1-n1c(C)csc1=S. The van der Waals surface area contributed by atoms with Gasteiger partial charge < -0.3 is 4.74 Å². The van der Waals surface area contributed by atoms with Crippen molar-refractivity contribution in [2.45, 2.75) is 6.92 Å². The Morgan fingerprint density at radius 3 is 2.67 bits per heavy atom. The Balaban J connectivity index is 2.69. The Bertz CT molecular complexity index is 527. The number of thiazole rings is 1. The van der Waals surface area contributed by atoms with Crippen molar-refractivity contribution < 1.29 is 4.74 Å². The number of aryl methyl sites for hydroxylation is 1. The summed E-state index contributed by atoms with van der Waals surface area (Å²) in [5, 5.41) is 2.05. The van der Waals surface area contributed by atoms with Crippen molar-refractivity contribution in [3.8, 4) is 11.4 Å². The smallest absolute Gasteiger partial charge is 0.165 e. The molecule has 0 N–H and O–H groups in total. The molecule has 0 bridgehead atoms. The van der Waals surface area contributed by atoms with E-state index in [1.54, 1.807) is 18.4 Å². The molecule has 0 aliphatic heterocycles. The average molecular weight is 237 g/mol. The fourth-order valence-electron chi connectivity index (χ4n) is 1.49. The van der Waals surface area contributed by atoms with Gasteiger partial charge in [0.2, 0.25) is 0 Å². The molecule has 0 aliphatic rings. The number of para-hydroxylation sites is 2. The van der Waals surface area contributed by atoms with Crippen LogP contribution in [0.4, 0.5) is 0 Å². The second kappa shape index (κ2) is 4.16. The van der Waals surface area contributed by atoms with Gasteiger partial charge in [-0.3, -0.25) is 4.57 Å². The van der Waals surface area contributed by atoms with Gasteiger partial charge in [-0.1, -0.05) is 12.1 Å². The van der Waals surface area contributed by atoms with E-state index in [0.717, 1.165) is 21.1 Å². The fourth-order valence-corrected chi connectivity index (χ4v) is 2.60. The minimum Gasteiger partial charge on any atom is -0.495 e. The average Bonchev–Trinajstić information content (AvgIpc) is 2.59. The van der Waals surface area contributed by atoms with Crippen molar-refractivity contribution in [1.29, 1.82) is 0 Å². The highest BCUT2D eigenvalue weighted by atomic mass is 32.1. The molecule has 1 aromatic heterocycles. The first kappa shape index (κ1) is 10.4. The summed E-state index contributed by atoms with van der Waals surface area (Å²) in [6.07, 6.45) is 0. The molecule has 0 saturated carbocycles. The Hall–Kier alpha value is -1.13. The van der Waals surface area contributed by atoms with Crippen LogP contribution >= 0.6 is 23.6 Å². The van der Waals surface area contributed by atoms with Gasteiger partial charge in [0.1, 0.15) is 5.75 Å². The topological polar surface area (TPSA) is 14.2 Å². The third-order valence-electron chi connectivity index (χ3n) is 2.19. The summed E-state index contributed by atoms with van der Waals surface area (Å²) in [5.41, 5.74) is 2.14. The lowest BCUT2D eigenvalue weighted by Crippen LogP contribution is -1.99. The molecule has 0 spiro atoms. The summed E-state index contributed by atoms with van der Waals surface area (Å²) >= 11 is 6.86. The van der Waals surface area contributed by atoms with Crippen LogP contribution in [-0.4, -0.2) is 11.7 Å². The highest BCUT2D eigenvalue weighted by Crippen LogP contribution is 2.25. The zero-order valence-electron chi connectivity index (χ0n) is 8.56. The summed E-state index contributed by atoms with van der Waals surface area (Å²) in [6.45, 7) is 2.04. The van der Waals surface area contributed by atoms with Gasteiger partial charge in [0.25, 0.3) is 0 Å². The van der Waals surface area contributed by atoms with E-state index in [-0.39, 0.29) is 0 Å². The van der Waals surface area contributed by atoms with Crippen LogP contribution in [0.15, 0.2) is 29.6 Å². The first-order chi connectivity index (χ1) is 7.24. The van der Waals surface area contributed by atoms with Gasteiger partial charge in [-0.05, 0) is 31.3 Å². The maximum atomic E-state index is 5.32. The van der Waals surface area contributed by atoms with Crippen LogP contribution in [0, 0.1) is 10.9 Å². The van der Waals surface area contributed by atoms with E-state index in [2.05, 4.69) is 5.38 Å². The molecule has 0 fully saturated rings. The Morgan fingerprint density at radius 1 is 1.33 bits per heavy atom. The van der Waals surface area contributed by atoms with E-state index in [4.69, 9.17) is 17.0 Å². The molecule has 1 aromatic carbocycles.